The molecule has 7 heteroatoms. The van der Waals surface area contributed by atoms with Gasteiger partial charge in [0.25, 0.3) is 0 Å². The summed E-state index contributed by atoms with van der Waals surface area (Å²) in [6.07, 6.45) is 2.42. The highest BCUT2D eigenvalue weighted by molar-refractivity contribution is 7.88. The number of urea groups is 1. The Bertz CT molecular complexity index is 630. The highest BCUT2D eigenvalue weighted by Crippen LogP contribution is 2.21. The SMILES string of the molecule is Cc1cccc(C)c1NC(=O)N1CCC(NS(C)(=O)=O)CC1. The molecule has 0 radical (unpaired) electrons. The minimum Gasteiger partial charge on any atom is -0.324 e. The van der Waals surface area contributed by atoms with Crippen molar-refractivity contribution in [2.45, 2.75) is 32.7 Å². The van der Waals surface area contributed by atoms with E-state index in [4.69, 9.17) is 0 Å². The molecule has 1 aromatic rings. The van der Waals surface area contributed by atoms with Gasteiger partial charge in [0.2, 0.25) is 10.0 Å². The number of carbonyl (C=O) groups is 1. The molecule has 0 spiro atoms. The second-order valence-corrected chi connectivity index (χ2v) is 7.63. The number of rotatable bonds is 3. The first kappa shape index (κ1) is 16.8. The zero-order chi connectivity index (χ0) is 16.3. The van der Waals surface area contributed by atoms with Gasteiger partial charge in [-0.05, 0) is 37.8 Å². The molecule has 1 saturated heterocycles. The Morgan fingerprint density at radius 1 is 1.18 bits per heavy atom. The first-order valence-electron chi connectivity index (χ1n) is 7.36. The van der Waals surface area contributed by atoms with Gasteiger partial charge in [-0.25, -0.2) is 17.9 Å². The van der Waals surface area contributed by atoms with Crippen LogP contribution < -0.4 is 10.0 Å². The summed E-state index contributed by atoms with van der Waals surface area (Å²) in [6, 6.07) is 5.67. The van der Waals surface area contributed by atoms with Crippen molar-refractivity contribution in [3.05, 3.63) is 29.3 Å². The van der Waals surface area contributed by atoms with E-state index in [1.807, 2.05) is 32.0 Å². The van der Waals surface area contributed by atoms with E-state index in [2.05, 4.69) is 10.0 Å². The number of hydrogen-bond donors (Lipinski definition) is 2. The number of para-hydroxylation sites is 1. The van der Waals surface area contributed by atoms with E-state index in [1.54, 1.807) is 4.90 Å². The Hall–Kier alpha value is -1.60. The molecule has 6 nitrogen and oxygen atoms in total. The van der Waals surface area contributed by atoms with Gasteiger partial charge in [0.1, 0.15) is 0 Å². The second kappa shape index (κ2) is 6.66. The molecule has 0 atom stereocenters. The van der Waals surface area contributed by atoms with E-state index < -0.39 is 10.0 Å². The number of nitrogens with one attached hydrogen (secondary N) is 2. The number of likely N-dealkylation sites (tertiary alicyclic amines) is 1. The molecule has 0 bridgehead atoms. The molecule has 2 rings (SSSR count). The van der Waals surface area contributed by atoms with Gasteiger partial charge in [0, 0.05) is 24.8 Å². The van der Waals surface area contributed by atoms with Crippen LogP contribution in [-0.4, -0.2) is 44.7 Å². The van der Waals surface area contributed by atoms with Crippen LogP contribution in [-0.2, 0) is 10.0 Å². The van der Waals surface area contributed by atoms with Gasteiger partial charge in [-0.15, -0.1) is 0 Å². The predicted octanol–water partition coefficient (Wildman–Crippen LogP) is 1.85. The fraction of sp³-hybridized carbons (Fsp3) is 0.533. The zero-order valence-electron chi connectivity index (χ0n) is 13.2. The van der Waals surface area contributed by atoms with E-state index in [1.165, 1.54) is 0 Å². The van der Waals surface area contributed by atoms with Crippen molar-refractivity contribution in [3.63, 3.8) is 0 Å². The third-order valence-electron chi connectivity index (χ3n) is 3.88. The van der Waals surface area contributed by atoms with Crippen molar-refractivity contribution < 1.29 is 13.2 Å². The van der Waals surface area contributed by atoms with Crippen LogP contribution >= 0.6 is 0 Å². The molecule has 2 N–H and O–H groups in total. The summed E-state index contributed by atoms with van der Waals surface area (Å²) in [7, 11) is -3.19. The van der Waals surface area contributed by atoms with E-state index in [9.17, 15) is 13.2 Å². The Labute approximate surface area is 131 Å². The molecule has 0 aliphatic carbocycles. The van der Waals surface area contributed by atoms with Crippen LogP contribution in [0, 0.1) is 13.8 Å². The molecule has 0 saturated carbocycles. The van der Waals surface area contributed by atoms with Crippen LogP contribution in [0.5, 0.6) is 0 Å². The van der Waals surface area contributed by atoms with Crippen molar-refractivity contribution >= 4 is 21.7 Å². The van der Waals surface area contributed by atoms with E-state index >= 15 is 0 Å². The van der Waals surface area contributed by atoms with Crippen molar-refractivity contribution in [2.75, 3.05) is 24.7 Å². The molecule has 1 heterocycles. The molecule has 22 heavy (non-hydrogen) atoms. The van der Waals surface area contributed by atoms with Crippen LogP contribution in [0.4, 0.5) is 10.5 Å². The minimum absolute atomic E-state index is 0.0840. The lowest BCUT2D eigenvalue weighted by Gasteiger charge is -2.32. The first-order chi connectivity index (χ1) is 10.3. The molecule has 1 aromatic carbocycles. The lowest BCUT2D eigenvalue weighted by atomic mass is 10.1. The molecule has 1 fully saturated rings. The topological polar surface area (TPSA) is 78.5 Å². The van der Waals surface area contributed by atoms with Crippen LogP contribution in [0.2, 0.25) is 0 Å². The Morgan fingerprint density at radius 3 is 2.23 bits per heavy atom. The van der Waals surface area contributed by atoms with E-state index in [-0.39, 0.29) is 12.1 Å². The van der Waals surface area contributed by atoms with Crippen molar-refractivity contribution in [3.8, 4) is 0 Å². The molecule has 122 valence electrons. The predicted molar refractivity (Wildman–Crippen MR) is 87.5 cm³/mol. The maximum absolute atomic E-state index is 12.3. The van der Waals surface area contributed by atoms with Crippen LogP contribution in [0.15, 0.2) is 18.2 Å². The van der Waals surface area contributed by atoms with Crippen molar-refractivity contribution in [1.82, 2.24) is 9.62 Å². The lowest BCUT2D eigenvalue weighted by Crippen LogP contribution is -2.47. The maximum Gasteiger partial charge on any atom is 0.321 e. The second-order valence-electron chi connectivity index (χ2n) is 5.85. The number of piperidine rings is 1. The summed E-state index contributed by atoms with van der Waals surface area (Å²) in [6.45, 7) is 5.02. The average Bonchev–Trinajstić information content (AvgIpc) is 2.42. The number of aryl methyl sites for hydroxylation is 2. The van der Waals surface area contributed by atoms with Crippen molar-refractivity contribution in [2.24, 2.45) is 0 Å². The van der Waals surface area contributed by atoms with E-state index in [0.717, 1.165) is 23.1 Å². The molecule has 1 aliphatic heterocycles. The van der Waals surface area contributed by atoms with Gasteiger partial charge < -0.3 is 10.2 Å². The number of anilines is 1. The molecule has 0 aromatic heterocycles. The Morgan fingerprint density at radius 2 is 1.73 bits per heavy atom. The summed E-state index contributed by atoms with van der Waals surface area (Å²) < 4.78 is 25.1. The van der Waals surface area contributed by atoms with Gasteiger partial charge in [0.05, 0.1) is 6.26 Å². The van der Waals surface area contributed by atoms with Gasteiger partial charge in [0.15, 0.2) is 0 Å². The highest BCUT2D eigenvalue weighted by atomic mass is 32.2. The quantitative estimate of drug-likeness (QED) is 0.890. The number of nitrogens with zero attached hydrogens (tertiary/aromatic N) is 1. The first-order valence-corrected chi connectivity index (χ1v) is 9.25. The average molecular weight is 325 g/mol. The number of sulfonamides is 1. The van der Waals surface area contributed by atoms with Gasteiger partial charge in [-0.1, -0.05) is 18.2 Å². The highest BCUT2D eigenvalue weighted by Gasteiger charge is 2.24. The number of benzene rings is 1. The van der Waals surface area contributed by atoms with Crippen LogP contribution in [0.3, 0.4) is 0 Å². The van der Waals surface area contributed by atoms with Gasteiger partial charge >= 0.3 is 6.03 Å². The van der Waals surface area contributed by atoms with Crippen LogP contribution in [0.1, 0.15) is 24.0 Å². The Kier molecular flexibility index (Phi) is 5.08. The number of carbonyl (C=O) groups excluding carboxylic acids is 1. The number of amides is 2. The smallest absolute Gasteiger partial charge is 0.321 e. The normalized spacial score (nSPS) is 16.6. The maximum atomic E-state index is 12.3. The fourth-order valence-corrected chi connectivity index (χ4v) is 3.54. The third kappa shape index (κ3) is 4.45. The summed E-state index contributed by atoms with van der Waals surface area (Å²) in [4.78, 5) is 14.1. The van der Waals surface area contributed by atoms with Gasteiger partial charge in [-0.3, -0.25) is 0 Å². The summed E-state index contributed by atoms with van der Waals surface area (Å²) in [5.41, 5.74) is 2.91. The monoisotopic (exact) mass is 325 g/mol. The van der Waals surface area contributed by atoms with Crippen LogP contribution in [0.25, 0.3) is 0 Å². The molecule has 2 amide bonds. The fourth-order valence-electron chi connectivity index (χ4n) is 2.70. The molecular formula is C15H23N3O3S. The molecule has 1 aliphatic rings. The zero-order valence-corrected chi connectivity index (χ0v) is 14.0. The largest absolute Gasteiger partial charge is 0.324 e. The summed E-state index contributed by atoms with van der Waals surface area (Å²) in [5, 5.41) is 2.96. The summed E-state index contributed by atoms with van der Waals surface area (Å²) >= 11 is 0. The molecular weight excluding hydrogens is 302 g/mol. The minimum atomic E-state index is -3.19. The van der Waals surface area contributed by atoms with Gasteiger partial charge in [-0.2, -0.15) is 0 Å². The standard InChI is InChI=1S/C15H23N3O3S/c1-11-5-4-6-12(2)14(11)16-15(19)18-9-7-13(8-10-18)17-22(3,20)21/h4-6,13,17H,7-10H2,1-3H3,(H,16,19). The number of hydrogen-bond acceptors (Lipinski definition) is 3. The lowest BCUT2D eigenvalue weighted by molar-refractivity contribution is 0.193. The van der Waals surface area contributed by atoms with E-state index in [0.29, 0.717) is 25.9 Å². The molecule has 0 unspecified atom stereocenters. The van der Waals surface area contributed by atoms with Crippen molar-refractivity contribution in [1.29, 1.82) is 0 Å². The Balaban J connectivity index is 1.93. The third-order valence-corrected chi connectivity index (χ3v) is 4.64. The summed E-state index contributed by atoms with van der Waals surface area (Å²) in [5.74, 6) is 0.